The molecule has 0 radical (unpaired) electrons. The van der Waals surface area contributed by atoms with Crippen LogP contribution in [0.25, 0.3) is 0 Å². The van der Waals surface area contributed by atoms with E-state index in [2.05, 4.69) is 17.4 Å². The van der Waals surface area contributed by atoms with Gasteiger partial charge in [-0.2, -0.15) is 0 Å². The van der Waals surface area contributed by atoms with E-state index in [-0.39, 0.29) is 5.91 Å². The van der Waals surface area contributed by atoms with E-state index >= 15 is 0 Å². The fourth-order valence-corrected chi connectivity index (χ4v) is 1.40. The van der Waals surface area contributed by atoms with Crippen molar-refractivity contribution in [3.8, 4) is 0 Å². The van der Waals surface area contributed by atoms with Gasteiger partial charge in [0.2, 0.25) is 5.91 Å². The maximum Gasteiger partial charge on any atom is 0.219 e. The Morgan fingerprint density at radius 1 is 1.33 bits per heavy atom. The van der Waals surface area contributed by atoms with E-state index in [0.717, 1.165) is 32.7 Å². The third-order valence-electron chi connectivity index (χ3n) is 2.11. The van der Waals surface area contributed by atoms with Crippen molar-refractivity contribution >= 4 is 5.91 Å². The van der Waals surface area contributed by atoms with E-state index in [0.29, 0.717) is 0 Å². The quantitative estimate of drug-likeness (QED) is 0.618. The van der Waals surface area contributed by atoms with Crippen LogP contribution in [0.4, 0.5) is 0 Å². The molecule has 1 amide bonds. The molecular formula is C8H17N3O. The molecule has 1 aliphatic heterocycles. The first kappa shape index (κ1) is 9.48. The lowest BCUT2D eigenvalue weighted by Gasteiger charge is -2.34. The SMILES string of the molecule is CCNN1CCN(C(C)=O)CC1. The molecule has 4 nitrogen and oxygen atoms in total. The maximum atomic E-state index is 11.0. The van der Waals surface area contributed by atoms with Crippen LogP contribution in [-0.2, 0) is 4.79 Å². The molecule has 1 heterocycles. The average Bonchev–Trinajstić information content (AvgIpc) is 2.06. The number of hydrazine groups is 1. The van der Waals surface area contributed by atoms with Crippen LogP contribution in [0.2, 0.25) is 0 Å². The van der Waals surface area contributed by atoms with Gasteiger partial charge in [0, 0.05) is 39.6 Å². The number of carbonyl (C=O) groups is 1. The fourth-order valence-electron chi connectivity index (χ4n) is 1.40. The lowest BCUT2D eigenvalue weighted by molar-refractivity contribution is -0.130. The molecule has 12 heavy (non-hydrogen) atoms. The van der Waals surface area contributed by atoms with Gasteiger partial charge in [-0.05, 0) is 0 Å². The molecule has 0 unspecified atom stereocenters. The van der Waals surface area contributed by atoms with Crippen LogP contribution in [0, 0.1) is 0 Å². The molecule has 1 aliphatic rings. The first-order chi connectivity index (χ1) is 5.74. The minimum Gasteiger partial charge on any atom is -0.340 e. The minimum absolute atomic E-state index is 0.186. The summed E-state index contributed by atoms with van der Waals surface area (Å²) in [6.45, 7) is 8.24. The van der Waals surface area contributed by atoms with Crippen molar-refractivity contribution in [2.24, 2.45) is 0 Å². The summed E-state index contributed by atoms with van der Waals surface area (Å²) in [5.74, 6) is 0.186. The van der Waals surface area contributed by atoms with Crippen LogP contribution in [0.5, 0.6) is 0 Å². The Balaban J connectivity index is 2.25. The Labute approximate surface area is 73.5 Å². The summed E-state index contributed by atoms with van der Waals surface area (Å²) < 4.78 is 0. The largest absolute Gasteiger partial charge is 0.340 e. The Hall–Kier alpha value is -0.610. The summed E-state index contributed by atoms with van der Waals surface area (Å²) in [5, 5.41) is 2.17. The van der Waals surface area contributed by atoms with Gasteiger partial charge in [-0.15, -0.1) is 0 Å². The van der Waals surface area contributed by atoms with Gasteiger partial charge in [-0.25, -0.2) is 5.01 Å². The lowest BCUT2D eigenvalue weighted by Crippen LogP contribution is -2.52. The van der Waals surface area contributed by atoms with Crippen molar-refractivity contribution in [1.29, 1.82) is 0 Å². The molecule has 0 aromatic rings. The van der Waals surface area contributed by atoms with Crippen LogP contribution in [0.15, 0.2) is 0 Å². The number of rotatable bonds is 2. The Morgan fingerprint density at radius 2 is 1.92 bits per heavy atom. The Morgan fingerprint density at radius 3 is 2.33 bits per heavy atom. The lowest BCUT2D eigenvalue weighted by atomic mass is 10.3. The van der Waals surface area contributed by atoms with Crippen molar-refractivity contribution in [2.75, 3.05) is 32.7 Å². The van der Waals surface area contributed by atoms with Gasteiger partial charge in [0.05, 0.1) is 0 Å². The molecule has 0 bridgehead atoms. The predicted molar refractivity (Wildman–Crippen MR) is 47.5 cm³/mol. The summed E-state index contributed by atoms with van der Waals surface area (Å²) in [6, 6.07) is 0. The molecule has 1 saturated heterocycles. The maximum absolute atomic E-state index is 11.0. The number of nitrogens with one attached hydrogen (secondary N) is 1. The smallest absolute Gasteiger partial charge is 0.219 e. The molecule has 0 aliphatic carbocycles. The Bertz CT molecular complexity index is 152. The van der Waals surface area contributed by atoms with Crippen LogP contribution in [-0.4, -0.2) is 48.5 Å². The summed E-state index contributed by atoms with van der Waals surface area (Å²) >= 11 is 0. The molecule has 0 spiro atoms. The van der Waals surface area contributed by atoms with Crippen LogP contribution < -0.4 is 5.43 Å². The van der Waals surface area contributed by atoms with Gasteiger partial charge >= 0.3 is 0 Å². The molecule has 70 valence electrons. The highest BCUT2D eigenvalue weighted by molar-refractivity contribution is 5.73. The molecule has 1 N–H and O–H groups in total. The standard InChI is InChI=1S/C8H17N3O/c1-3-9-11-6-4-10(5-7-11)8(2)12/h9H,3-7H2,1-2H3. The zero-order chi connectivity index (χ0) is 8.97. The number of hydrogen-bond acceptors (Lipinski definition) is 3. The van der Waals surface area contributed by atoms with Gasteiger partial charge in [0.15, 0.2) is 0 Å². The molecule has 0 aromatic heterocycles. The number of carbonyl (C=O) groups excluding carboxylic acids is 1. The molecule has 0 atom stereocenters. The zero-order valence-corrected chi connectivity index (χ0v) is 7.84. The monoisotopic (exact) mass is 171 g/mol. The van der Waals surface area contributed by atoms with E-state index in [4.69, 9.17) is 0 Å². The second-order valence-corrected chi connectivity index (χ2v) is 3.00. The summed E-state index contributed by atoms with van der Waals surface area (Å²) in [7, 11) is 0. The van der Waals surface area contributed by atoms with Gasteiger partial charge in [0.25, 0.3) is 0 Å². The van der Waals surface area contributed by atoms with Gasteiger partial charge in [-0.3, -0.25) is 10.2 Å². The number of amides is 1. The molecule has 0 aromatic carbocycles. The van der Waals surface area contributed by atoms with E-state index in [9.17, 15) is 4.79 Å². The highest BCUT2D eigenvalue weighted by Crippen LogP contribution is 1.98. The van der Waals surface area contributed by atoms with Crippen molar-refractivity contribution in [3.05, 3.63) is 0 Å². The van der Waals surface area contributed by atoms with Crippen molar-refractivity contribution in [1.82, 2.24) is 15.3 Å². The normalized spacial score (nSPS) is 19.7. The highest BCUT2D eigenvalue weighted by Gasteiger charge is 2.17. The van der Waals surface area contributed by atoms with E-state index in [1.807, 2.05) is 4.90 Å². The van der Waals surface area contributed by atoms with E-state index in [1.165, 1.54) is 0 Å². The number of piperazine rings is 1. The second kappa shape index (κ2) is 4.42. The van der Waals surface area contributed by atoms with Crippen molar-refractivity contribution < 1.29 is 4.79 Å². The van der Waals surface area contributed by atoms with Crippen molar-refractivity contribution in [2.45, 2.75) is 13.8 Å². The number of nitrogens with zero attached hydrogens (tertiary/aromatic N) is 2. The Kier molecular flexibility index (Phi) is 3.49. The van der Waals surface area contributed by atoms with Gasteiger partial charge in [-0.1, -0.05) is 6.92 Å². The topological polar surface area (TPSA) is 35.6 Å². The molecule has 1 rings (SSSR count). The van der Waals surface area contributed by atoms with E-state index < -0.39 is 0 Å². The van der Waals surface area contributed by atoms with Gasteiger partial charge in [0.1, 0.15) is 0 Å². The van der Waals surface area contributed by atoms with E-state index in [1.54, 1.807) is 6.92 Å². The third-order valence-corrected chi connectivity index (χ3v) is 2.11. The van der Waals surface area contributed by atoms with Gasteiger partial charge < -0.3 is 4.90 Å². The summed E-state index contributed by atoms with van der Waals surface area (Å²) in [5.41, 5.74) is 3.24. The first-order valence-electron chi connectivity index (χ1n) is 4.48. The molecular weight excluding hydrogens is 154 g/mol. The average molecular weight is 171 g/mol. The fraction of sp³-hybridized carbons (Fsp3) is 0.875. The zero-order valence-electron chi connectivity index (χ0n) is 7.84. The molecule has 4 heteroatoms. The summed E-state index contributed by atoms with van der Waals surface area (Å²) in [4.78, 5) is 12.8. The summed E-state index contributed by atoms with van der Waals surface area (Å²) in [6.07, 6.45) is 0. The minimum atomic E-state index is 0.186. The van der Waals surface area contributed by atoms with Crippen LogP contribution >= 0.6 is 0 Å². The number of hydrogen-bond donors (Lipinski definition) is 1. The van der Waals surface area contributed by atoms with Crippen molar-refractivity contribution in [3.63, 3.8) is 0 Å². The predicted octanol–water partition coefficient (Wildman–Crippen LogP) is -0.325. The first-order valence-corrected chi connectivity index (χ1v) is 4.48. The second-order valence-electron chi connectivity index (χ2n) is 3.00. The molecule has 1 fully saturated rings. The molecule has 0 saturated carbocycles. The van der Waals surface area contributed by atoms with Crippen LogP contribution in [0.3, 0.4) is 0 Å². The highest BCUT2D eigenvalue weighted by atomic mass is 16.2. The van der Waals surface area contributed by atoms with Crippen LogP contribution in [0.1, 0.15) is 13.8 Å². The third kappa shape index (κ3) is 2.46.